The third-order valence-electron chi connectivity index (χ3n) is 2.31. The lowest BCUT2D eigenvalue weighted by atomic mass is 10.2. The van der Waals surface area contributed by atoms with E-state index in [0.717, 1.165) is 12.8 Å². The standard InChI is InChI=1S/C11H21NO4S/c1-4-5-8(2)12-10(13)7-17(16)9(3)6-11(14)15/h8-9H,4-7H2,1-3H3,(H,12,13)(H,14,15). The minimum absolute atomic E-state index is 0.0688. The fourth-order valence-electron chi connectivity index (χ4n) is 1.43. The van der Waals surface area contributed by atoms with Crippen LogP contribution in [0.15, 0.2) is 0 Å². The first-order chi connectivity index (χ1) is 7.86. The third-order valence-corrected chi connectivity index (χ3v) is 3.92. The number of rotatable bonds is 8. The summed E-state index contributed by atoms with van der Waals surface area (Å²) >= 11 is 0. The van der Waals surface area contributed by atoms with Crippen molar-refractivity contribution >= 4 is 22.7 Å². The number of hydrogen-bond acceptors (Lipinski definition) is 3. The van der Waals surface area contributed by atoms with Gasteiger partial charge in [-0.05, 0) is 13.3 Å². The average Bonchev–Trinajstić information content (AvgIpc) is 2.16. The molecule has 5 nitrogen and oxygen atoms in total. The molecule has 1 amide bonds. The van der Waals surface area contributed by atoms with Crippen molar-refractivity contribution < 1.29 is 18.9 Å². The summed E-state index contributed by atoms with van der Waals surface area (Å²) in [6, 6.07) is 0.0688. The van der Waals surface area contributed by atoms with Gasteiger partial charge >= 0.3 is 5.97 Å². The van der Waals surface area contributed by atoms with Gasteiger partial charge in [-0.1, -0.05) is 20.3 Å². The number of carboxylic acids is 1. The molecular formula is C11H21NO4S. The van der Waals surface area contributed by atoms with Crippen molar-refractivity contribution in [3.05, 3.63) is 0 Å². The van der Waals surface area contributed by atoms with Crippen molar-refractivity contribution in [1.82, 2.24) is 5.32 Å². The van der Waals surface area contributed by atoms with Crippen LogP contribution in [0.1, 0.15) is 40.0 Å². The Morgan fingerprint density at radius 1 is 1.35 bits per heavy atom. The van der Waals surface area contributed by atoms with Gasteiger partial charge in [0.2, 0.25) is 5.91 Å². The first-order valence-electron chi connectivity index (χ1n) is 5.75. The van der Waals surface area contributed by atoms with Gasteiger partial charge in [-0.2, -0.15) is 0 Å². The van der Waals surface area contributed by atoms with E-state index >= 15 is 0 Å². The summed E-state index contributed by atoms with van der Waals surface area (Å²) in [6.07, 6.45) is 1.67. The van der Waals surface area contributed by atoms with Crippen LogP contribution < -0.4 is 5.32 Å². The maximum absolute atomic E-state index is 11.6. The minimum Gasteiger partial charge on any atom is -0.481 e. The van der Waals surface area contributed by atoms with Gasteiger partial charge in [-0.25, -0.2) is 0 Å². The number of hydrogen-bond donors (Lipinski definition) is 2. The van der Waals surface area contributed by atoms with Gasteiger partial charge in [-0.3, -0.25) is 13.8 Å². The molecule has 6 heteroatoms. The van der Waals surface area contributed by atoms with E-state index in [9.17, 15) is 13.8 Å². The molecule has 0 saturated carbocycles. The van der Waals surface area contributed by atoms with Crippen LogP contribution >= 0.6 is 0 Å². The SMILES string of the molecule is CCCC(C)NC(=O)CS(=O)C(C)CC(=O)O. The molecule has 0 spiro atoms. The van der Waals surface area contributed by atoms with Gasteiger partial charge < -0.3 is 10.4 Å². The second-order valence-electron chi connectivity index (χ2n) is 4.19. The van der Waals surface area contributed by atoms with Crippen molar-refractivity contribution in [2.45, 2.75) is 51.3 Å². The van der Waals surface area contributed by atoms with E-state index < -0.39 is 22.0 Å². The highest BCUT2D eigenvalue weighted by Gasteiger charge is 2.18. The van der Waals surface area contributed by atoms with Gasteiger partial charge in [0.25, 0.3) is 0 Å². The van der Waals surface area contributed by atoms with Crippen LogP contribution in [0.4, 0.5) is 0 Å². The van der Waals surface area contributed by atoms with Crippen molar-refractivity contribution in [3.8, 4) is 0 Å². The zero-order valence-corrected chi connectivity index (χ0v) is 11.4. The van der Waals surface area contributed by atoms with Gasteiger partial charge in [0.1, 0.15) is 5.75 Å². The number of carboxylic acid groups (broad SMARTS) is 1. The molecule has 0 saturated heterocycles. The molecular weight excluding hydrogens is 242 g/mol. The van der Waals surface area contributed by atoms with Crippen molar-refractivity contribution in [2.24, 2.45) is 0 Å². The van der Waals surface area contributed by atoms with Crippen LogP contribution in [0, 0.1) is 0 Å². The normalized spacial score (nSPS) is 15.9. The maximum Gasteiger partial charge on any atom is 0.304 e. The molecule has 0 aromatic carbocycles. The summed E-state index contributed by atoms with van der Waals surface area (Å²) in [5.74, 6) is -1.39. The van der Waals surface area contributed by atoms with Crippen molar-refractivity contribution in [3.63, 3.8) is 0 Å². The van der Waals surface area contributed by atoms with Crippen LogP contribution in [-0.4, -0.2) is 38.2 Å². The summed E-state index contributed by atoms with van der Waals surface area (Å²) in [4.78, 5) is 21.9. The summed E-state index contributed by atoms with van der Waals surface area (Å²) < 4.78 is 11.6. The Kier molecular flexibility index (Phi) is 7.78. The highest BCUT2D eigenvalue weighted by Crippen LogP contribution is 2.02. The molecule has 100 valence electrons. The number of carbonyl (C=O) groups is 2. The molecule has 2 N–H and O–H groups in total. The summed E-state index contributed by atoms with van der Waals surface area (Å²) in [5, 5.41) is 10.8. The third kappa shape index (κ3) is 7.90. The fraction of sp³-hybridized carbons (Fsp3) is 0.818. The zero-order valence-electron chi connectivity index (χ0n) is 10.6. The molecule has 0 aliphatic heterocycles. The van der Waals surface area contributed by atoms with Crippen LogP contribution in [0.25, 0.3) is 0 Å². The predicted molar refractivity (Wildman–Crippen MR) is 67.2 cm³/mol. The molecule has 0 radical (unpaired) electrons. The van der Waals surface area contributed by atoms with Crippen LogP contribution in [0.5, 0.6) is 0 Å². The second kappa shape index (κ2) is 8.22. The highest BCUT2D eigenvalue weighted by molar-refractivity contribution is 7.86. The van der Waals surface area contributed by atoms with Crippen molar-refractivity contribution in [1.29, 1.82) is 0 Å². The molecule has 0 bridgehead atoms. The first kappa shape index (κ1) is 16.1. The predicted octanol–water partition coefficient (Wildman–Crippen LogP) is 0.903. The Balaban J connectivity index is 4.03. The van der Waals surface area contributed by atoms with E-state index in [2.05, 4.69) is 5.32 Å². The molecule has 0 rings (SSSR count). The van der Waals surface area contributed by atoms with Crippen LogP contribution in [0.3, 0.4) is 0 Å². The summed E-state index contributed by atoms with van der Waals surface area (Å²) in [7, 11) is -1.43. The van der Waals surface area contributed by atoms with Gasteiger partial charge in [0.15, 0.2) is 0 Å². The van der Waals surface area contributed by atoms with E-state index in [1.807, 2.05) is 13.8 Å². The second-order valence-corrected chi connectivity index (χ2v) is 6.05. The lowest BCUT2D eigenvalue weighted by molar-refractivity contribution is -0.137. The molecule has 0 aromatic heterocycles. The average molecular weight is 263 g/mol. The van der Waals surface area contributed by atoms with E-state index in [1.165, 1.54) is 0 Å². The minimum atomic E-state index is -1.43. The van der Waals surface area contributed by atoms with E-state index in [-0.39, 0.29) is 24.1 Å². The summed E-state index contributed by atoms with van der Waals surface area (Å²) in [6.45, 7) is 5.49. The Morgan fingerprint density at radius 2 is 1.94 bits per heavy atom. The van der Waals surface area contributed by atoms with Gasteiger partial charge in [0, 0.05) is 22.1 Å². The molecule has 0 heterocycles. The lowest BCUT2D eigenvalue weighted by Gasteiger charge is -2.14. The molecule has 0 aromatic rings. The molecule has 0 fully saturated rings. The maximum atomic E-state index is 11.6. The number of aliphatic carboxylic acids is 1. The van der Waals surface area contributed by atoms with Crippen LogP contribution in [-0.2, 0) is 20.4 Å². The molecule has 17 heavy (non-hydrogen) atoms. The topological polar surface area (TPSA) is 83.5 Å². The van der Waals surface area contributed by atoms with E-state index in [0.29, 0.717) is 0 Å². The first-order valence-corrected chi connectivity index (χ1v) is 7.13. The van der Waals surface area contributed by atoms with Gasteiger partial charge in [-0.15, -0.1) is 0 Å². The highest BCUT2D eigenvalue weighted by atomic mass is 32.2. The van der Waals surface area contributed by atoms with E-state index in [4.69, 9.17) is 5.11 Å². The largest absolute Gasteiger partial charge is 0.481 e. The quantitative estimate of drug-likeness (QED) is 0.681. The number of nitrogens with one attached hydrogen (secondary N) is 1. The van der Waals surface area contributed by atoms with Gasteiger partial charge in [0.05, 0.1) is 6.42 Å². The fourth-order valence-corrected chi connectivity index (χ4v) is 2.39. The zero-order chi connectivity index (χ0) is 13.4. The molecule has 0 aliphatic carbocycles. The smallest absolute Gasteiger partial charge is 0.304 e. The molecule has 3 unspecified atom stereocenters. The van der Waals surface area contributed by atoms with Crippen LogP contribution in [0.2, 0.25) is 0 Å². The Labute approximate surface area is 104 Å². The summed E-state index contributed by atoms with van der Waals surface area (Å²) in [5.41, 5.74) is 0. The molecule has 3 atom stereocenters. The number of amides is 1. The lowest BCUT2D eigenvalue weighted by Crippen LogP contribution is -2.37. The van der Waals surface area contributed by atoms with E-state index in [1.54, 1.807) is 6.92 Å². The Bertz CT molecular complexity index is 293. The Morgan fingerprint density at radius 3 is 2.41 bits per heavy atom. The Hall–Kier alpha value is -0.910. The monoisotopic (exact) mass is 263 g/mol. The number of carbonyl (C=O) groups excluding carboxylic acids is 1. The molecule has 0 aliphatic rings. The van der Waals surface area contributed by atoms with Crippen molar-refractivity contribution in [2.75, 3.05) is 5.75 Å².